The van der Waals surface area contributed by atoms with Crippen LogP contribution < -0.4 is 5.32 Å². The second-order valence-electron chi connectivity index (χ2n) is 5.62. The van der Waals surface area contributed by atoms with Crippen LogP contribution in [0, 0.1) is 0 Å². The first kappa shape index (κ1) is 10.4. The van der Waals surface area contributed by atoms with Crippen molar-refractivity contribution in [1.82, 2.24) is 5.32 Å². The zero-order valence-electron chi connectivity index (χ0n) is 9.59. The molecule has 0 aromatic heterocycles. The molecule has 0 aromatic carbocycles. The first-order valence-corrected chi connectivity index (χ1v) is 5.43. The van der Waals surface area contributed by atoms with E-state index in [1.807, 2.05) is 0 Å². The molecule has 2 rings (SSSR count). The Morgan fingerprint density at radius 2 is 1.79 bits per heavy atom. The van der Waals surface area contributed by atoms with Crippen LogP contribution in [0.4, 0.5) is 0 Å². The van der Waals surface area contributed by atoms with Crippen LogP contribution in [0.15, 0.2) is 0 Å². The van der Waals surface area contributed by atoms with Gasteiger partial charge >= 0.3 is 0 Å². The smallest absolute Gasteiger partial charge is 0.0787 e. The van der Waals surface area contributed by atoms with Crippen molar-refractivity contribution in [3.8, 4) is 0 Å². The lowest BCUT2D eigenvalue weighted by Crippen LogP contribution is -2.55. The molecule has 0 radical (unpaired) electrons. The lowest BCUT2D eigenvalue weighted by Gasteiger charge is -2.34. The van der Waals surface area contributed by atoms with Gasteiger partial charge in [0.2, 0.25) is 0 Å². The highest BCUT2D eigenvalue weighted by atomic mass is 16.5. The summed E-state index contributed by atoms with van der Waals surface area (Å²) in [6, 6.07) is 0.989. The summed E-state index contributed by atoms with van der Waals surface area (Å²) >= 11 is 0. The fourth-order valence-corrected chi connectivity index (χ4v) is 2.44. The van der Waals surface area contributed by atoms with Crippen LogP contribution in [0.2, 0.25) is 0 Å². The van der Waals surface area contributed by atoms with Gasteiger partial charge in [-0.1, -0.05) is 0 Å². The van der Waals surface area contributed by atoms with Crippen LogP contribution in [-0.4, -0.2) is 36.5 Å². The van der Waals surface area contributed by atoms with E-state index in [0.717, 1.165) is 19.6 Å². The molecule has 2 saturated heterocycles. The SMILES string of the molecule is CC1(C)CC(NC2COC2)C(C)(C)O1. The van der Waals surface area contributed by atoms with Crippen LogP contribution in [0.25, 0.3) is 0 Å². The van der Waals surface area contributed by atoms with Gasteiger partial charge in [0.15, 0.2) is 0 Å². The Kier molecular flexibility index (Phi) is 2.37. The van der Waals surface area contributed by atoms with Gasteiger partial charge in [0.25, 0.3) is 0 Å². The van der Waals surface area contributed by atoms with E-state index < -0.39 is 0 Å². The Morgan fingerprint density at radius 3 is 2.14 bits per heavy atom. The number of ether oxygens (including phenoxy) is 2. The van der Waals surface area contributed by atoms with Crippen molar-refractivity contribution >= 4 is 0 Å². The molecule has 0 aromatic rings. The predicted octanol–water partition coefficient (Wildman–Crippen LogP) is 1.32. The third kappa shape index (κ3) is 1.95. The molecule has 2 aliphatic rings. The molecule has 3 nitrogen and oxygen atoms in total. The van der Waals surface area contributed by atoms with Crippen molar-refractivity contribution in [1.29, 1.82) is 0 Å². The molecular formula is C11H21NO2. The normalized spacial score (nSPS) is 35.6. The lowest BCUT2D eigenvalue weighted by molar-refractivity contribution is -0.0760. The summed E-state index contributed by atoms with van der Waals surface area (Å²) in [7, 11) is 0. The Morgan fingerprint density at radius 1 is 1.14 bits per heavy atom. The van der Waals surface area contributed by atoms with E-state index in [4.69, 9.17) is 9.47 Å². The van der Waals surface area contributed by atoms with Crippen LogP contribution >= 0.6 is 0 Å². The fourth-order valence-electron chi connectivity index (χ4n) is 2.44. The molecule has 2 heterocycles. The topological polar surface area (TPSA) is 30.5 Å². The lowest BCUT2D eigenvalue weighted by atomic mass is 9.93. The van der Waals surface area contributed by atoms with Gasteiger partial charge in [-0.2, -0.15) is 0 Å². The van der Waals surface area contributed by atoms with E-state index in [1.165, 1.54) is 0 Å². The maximum atomic E-state index is 6.01. The van der Waals surface area contributed by atoms with Crippen LogP contribution in [-0.2, 0) is 9.47 Å². The summed E-state index contributed by atoms with van der Waals surface area (Å²) in [4.78, 5) is 0. The molecule has 0 saturated carbocycles. The summed E-state index contributed by atoms with van der Waals surface area (Å²) < 4.78 is 11.2. The summed E-state index contributed by atoms with van der Waals surface area (Å²) in [6.45, 7) is 10.4. The van der Waals surface area contributed by atoms with E-state index in [0.29, 0.717) is 12.1 Å². The average Bonchev–Trinajstić information content (AvgIpc) is 2.10. The van der Waals surface area contributed by atoms with Crippen molar-refractivity contribution in [2.75, 3.05) is 13.2 Å². The molecule has 3 heteroatoms. The van der Waals surface area contributed by atoms with E-state index in [-0.39, 0.29) is 11.2 Å². The molecule has 1 atom stereocenters. The second kappa shape index (κ2) is 3.19. The first-order valence-electron chi connectivity index (χ1n) is 5.43. The highest BCUT2D eigenvalue weighted by Gasteiger charge is 2.46. The van der Waals surface area contributed by atoms with Gasteiger partial charge in [0.05, 0.1) is 30.5 Å². The maximum absolute atomic E-state index is 6.01. The van der Waals surface area contributed by atoms with Gasteiger partial charge in [-0.25, -0.2) is 0 Å². The first-order chi connectivity index (χ1) is 6.39. The Hall–Kier alpha value is -0.120. The summed E-state index contributed by atoms with van der Waals surface area (Å²) in [5.74, 6) is 0. The molecule has 0 bridgehead atoms. The number of hydrogen-bond donors (Lipinski definition) is 1. The third-order valence-corrected chi connectivity index (χ3v) is 3.15. The largest absolute Gasteiger partial charge is 0.378 e. The monoisotopic (exact) mass is 199 g/mol. The fraction of sp³-hybridized carbons (Fsp3) is 1.00. The van der Waals surface area contributed by atoms with Gasteiger partial charge < -0.3 is 14.8 Å². The number of nitrogens with one attached hydrogen (secondary N) is 1. The zero-order chi connectivity index (χ0) is 10.4. The number of rotatable bonds is 2. The minimum absolute atomic E-state index is 0.00573. The minimum Gasteiger partial charge on any atom is -0.378 e. The van der Waals surface area contributed by atoms with Crippen LogP contribution in [0.5, 0.6) is 0 Å². The van der Waals surface area contributed by atoms with E-state index in [9.17, 15) is 0 Å². The van der Waals surface area contributed by atoms with Crippen molar-refractivity contribution < 1.29 is 9.47 Å². The minimum atomic E-state index is -0.0565. The zero-order valence-corrected chi connectivity index (χ0v) is 9.59. The average molecular weight is 199 g/mol. The molecule has 2 fully saturated rings. The van der Waals surface area contributed by atoms with Gasteiger partial charge in [0.1, 0.15) is 0 Å². The summed E-state index contributed by atoms with van der Waals surface area (Å²) in [5.41, 5.74) is -0.0507. The van der Waals surface area contributed by atoms with Gasteiger partial charge in [0, 0.05) is 6.04 Å². The number of hydrogen-bond acceptors (Lipinski definition) is 3. The molecule has 82 valence electrons. The molecule has 1 N–H and O–H groups in total. The molecule has 0 aliphatic carbocycles. The summed E-state index contributed by atoms with van der Waals surface area (Å²) in [6.07, 6.45) is 1.08. The quantitative estimate of drug-likeness (QED) is 0.727. The second-order valence-corrected chi connectivity index (χ2v) is 5.62. The molecule has 2 aliphatic heterocycles. The highest BCUT2D eigenvalue weighted by molar-refractivity contribution is 5.00. The van der Waals surface area contributed by atoms with Crippen molar-refractivity contribution in [3.05, 3.63) is 0 Å². The molecule has 0 amide bonds. The third-order valence-electron chi connectivity index (χ3n) is 3.15. The van der Waals surface area contributed by atoms with E-state index >= 15 is 0 Å². The van der Waals surface area contributed by atoms with Crippen LogP contribution in [0.1, 0.15) is 34.1 Å². The van der Waals surface area contributed by atoms with Gasteiger partial charge in [-0.3, -0.25) is 0 Å². The molecular weight excluding hydrogens is 178 g/mol. The Bertz CT molecular complexity index is 221. The molecule has 14 heavy (non-hydrogen) atoms. The predicted molar refractivity (Wildman–Crippen MR) is 55.4 cm³/mol. The van der Waals surface area contributed by atoms with Crippen LogP contribution in [0.3, 0.4) is 0 Å². The maximum Gasteiger partial charge on any atom is 0.0787 e. The van der Waals surface area contributed by atoms with Crippen molar-refractivity contribution in [3.63, 3.8) is 0 Å². The standard InChI is InChI=1S/C11H21NO2/c1-10(2)5-9(11(3,4)14-10)12-8-6-13-7-8/h8-9,12H,5-7H2,1-4H3. The Labute approximate surface area is 86.2 Å². The molecule has 0 spiro atoms. The highest BCUT2D eigenvalue weighted by Crippen LogP contribution is 2.37. The Balaban J connectivity index is 1.96. The van der Waals surface area contributed by atoms with E-state index in [1.54, 1.807) is 0 Å². The van der Waals surface area contributed by atoms with Crippen molar-refractivity contribution in [2.45, 2.75) is 57.4 Å². The molecule has 1 unspecified atom stereocenters. The van der Waals surface area contributed by atoms with Crippen molar-refractivity contribution in [2.24, 2.45) is 0 Å². The van der Waals surface area contributed by atoms with Gasteiger partial charge in [-0.05, 0) is 34.1 Å². The van der Waals surface area contributed by atoms with E-state index in [2.05, 4.69) is 33.0 Å². The summed E-state index contributed by atoms with van der Waals surface area (Å²) in [5, 5.41) is 3.61. The van der Waals surface area contributed by atoms with Gasteiger partial charge in [-0.15, -0.1) is 0 Å².